The number of hydrogen-bond donors (Lipinski definition) is 1. The number of thioether (sulfide) groups is 1. The van der Waals surface area contributed by atoms with E-state index in [2.05, 4.69) is 10.1 Å². The smallest absolute Gasteiger partial charge is 0.441 e. The molecule has 0 saturated heterocycles. The van der Waals surface area contributed by atoms with Crippen LogP contribution in [0.15, 0.2) is 33.9 Å². The Morgan fingerprint density at radius 2 is 1.92 bits per heavy atom. The van der Waals surface area contributed by atoms with Gasteiger partial charge in [-0.1, -0.05) is 6.07 Å². The zero-order valence-electron chi connectivity index (χ0n) is 13.4. The Labute approximate surface area is 149 Å². The molecule has 0 bridgehead atoms. The first-order valence-corrected chi connectivity index (χ1v) is 7.85. The summed E-state index contributed by atoms with van der Waals surface area (Å²) in [4.78, 5) is 15.8. The van der Waals surface area contributed by atoms with Crippen LogP contribution in [-0.4, -0.2) is 47.4 Å². The van der Waals surface area contributed by atoms with Crippen LogP contribution in [0, 0.1) is 5.41 Å². The number of nitrogens with zero attached hydrogens (tertiary/aromatic N) is 3. The number of benzene rings is 1. The van der Waals surface area contributed by atoms with E-state index in [1.54, 1.807) is 18.2 Å². The Morgan fingerprint density at radius 1 is 1.23 bits per heavy atom. The molecule has 26 heavy (non-hydrogen) atoms. The van der Waals surface area contributed by atoms with Gasteiger partial charge in [0.05, 0.1) is 19.8 Å². The second kappa shape index (κ2) is 6.48. The Hall–Kier alpha value is -2.82. The minimum Gasteiger partial charge on any atom is -0.493 e. The molecule has 0 spiro atoms. The van der Waals surface area contributed by atoms with Crippen LogP contribution in [0.25, 0.3) is 6.08 Å². The molecule has 0 aromatic heterocycles. The van der Waals surface area contributed by atoms with Crippen LogP contribution in [0.4, 0.5) is 13.2 Å². The standard InChI is InChI=1S/C15H11F3N4O3S/c1-24-9-4-3-7(6-10(9)25-2)5-8-11(19)22-14(20-12(8)23)26-13(21-22)15(16,17)18/h3-6,19H,1-2H3/b8-5-,19-11?. The molecule has 0 fully saturated rings. The van der Waals surface area contributed by atoms with Crippen molar-refractivity contribution in [1.29, 1.82) is 5.41 Å². The maximum Gasteiger partial charge on any atom is 0.441 e. The topological polar surface area (TPSA) is 87.3 Å². The average Bonchev–Trinajstić information content (AvgIpc) is 3.02. The summed E-state index contributed by atoms with van der Waals surface area (Å²) < 4.78 is 48.7. The molecule has 0 aliphatic carbocycles. The van der Waals surface area contributed by atoms with Crippen molar-refractivity contribution in [2.45, 2.75) is 6.18 Å². The average molecular weight is 384 g/mol. The minimum atomic E-state index is -4.68. The van der Waals surface area contributed by atoms with Gasteiger partial charge in [0.1, 0.15) is 0 Å². The summed E-state index contributed by atoms with van der Waals surface area (Å²) in [7, 11) is 2.90. The van der Waals surface area contributed by atoms with Crippen LogP contribution in [-0.2, 0) is 4.79 Å². The lowest BCUT2D eigenvalue weighted by Crippen LogP contribution is -2.35. The second-order valence-corrected chi connectivity index (χ2v) is 5.99. The molecule has 1 aromatic rings. The lowest BCUT2D eigenvalue weighted by atomic mass is 10.1. The zero-order valence-corrected chi connectivity index (χ0v) is 14.2. The summed E-state index contributed by atoms with van der Waals surface area (Å²) in [6.45, 7) is 0. The zero-order chi connectivity index (χ0) is 19.1. The number of methoxy groups -OCH3 is 2. The van der Waals surface area contributed by atoms with Crippen LogP contribution in [0.2, 0.25) is 0 Å². The van der Waals surface area contributed by atoms with E-state index in [0.29, 0.717) is 22.1 Å². The number of amides is 1. The van der Waals surface area contributed by atoms with Gasteiger partial charge in [-0.05, 0) is 35.5 Å². The molecule has 0 radical (unpaired) electrons. The number of fused-ring (bicyclic) bond motifs is 1. The number of alkyl halides is 3. The van der Waals surface area contributed by atoms with Crippen molar-refractivity contribution in [3.8, 4) is 11.5 Å². The molecule has 0 saturated carbocycles. The van der Waals surface area contributed by atoms with Gasteiger partial charge < -0.3 is 9.47 Å². The van der Waals surface area contributed by atoms with Crippen LogP contribution >= 0.6 is 11.8 Å². The molecule has 0 unspecified atom stereocenters. The summed E-state index contributed by atoms with van der Waals surface area (Å²) >= 11 is 0.204. The van der Waals surface area contributed by atoms with Gasteiger partial charge in [-0.15, -0.1) is 0 Å². The third kappa shape index (κ3) is 3.17. The summed E-state index contributed by atoms with van der Waals surface area (Å²) in [5.41, 5.74) is 0.301. The van der Waals surface area contributed by atoms with Crippen LogP contribution in [0.3, 0.4) is 0 Å². The van der Waals surface area contributed by atoms with Gasteiger partial charge in [0, 0.05) is 0 Å². The molecule has 2 aliphatic heterocycles. The second-order valence-electron chi connectivity index (χ2n) is 5.04. The fourth-order valence-corrected chi connectivity index (χ4v) is 2.97. The van der Waals surface area contributed by atoms with E-state index in [4.69, 9.17) is 14.9 Å². The molecule has 1 aromatic carbocycles. The van der Waals surface area contributed by atoms with E-state index < -0.39 is 23.0 Å². The molecule has 2 aliphatic rings. The summed E-state index contributed by atoms with van der Waals surface area (Å²) in [6.07, 6.45) is -3.35. The Bertz CT molecular complexity index is 893. The van der Waals surface area contributed by atoms with Crippen LogP contribution in [0.1, 0.15) is 5.56 Å². The number of carbonyl (C=O) groups excluding carboxylic acids is 1. The van der Waals surface area contributed by atoms with Gasteiger partial charge >= 0.3 is 6.18 Å². The summed E-state index contributed by atoms with van der Waals surface area (Å²) in [5.74, 6) is -0.436. The molecule has 1 N–H and O–H groups in total. The number of carbonyl (C=O) groups is 1. The van der Waals surface area contributed by atoms with Crippen molar-refractivity contribution in [2.75, 3.05) is 14.2 Å². The van der Waals surface area contributed by atoms with Gasteiger partial charge in [0.25, 0.3) is 5.91 Å². The van der Waals surface area contributed by atoms with Gasteiger partial charge in [0.15, 0.2) is 17.3 Å². The molecule has 0 atom stereocenters. The highest BCUT2D eigenvalue weighted by Crippen LogP contribution is 2.35. The summed E-state index contributed by atoms with van der Waals surface area (Å²) in [5, 5.41) is 10.6. The lowest BCUT2D eigenvalue weighted by Gasteiger charge is -2.20. The maximum atomic E-state index is 12.8. The van der Waals surface area contributed by atoms with Crippen molar-refractivity contribution in [3.05, 3.63) is 29.3 Å². The third-order valence-electron chi connectivity index (χ3n) is 3.42. The molecule has 136 valence electrons. The van der Waals surface area contributed by atoms with E-state index in [1.807, 2.05) is 0 Å². The minimum absolute atomic E-state index is 0.186. The van der Waals surface area contributed by atoms with Crippen molar-refractivity contribution in [1.82, 2.24) is 5.01 Å². The summed E-state index contributed by atoms with van der Waals surface area (Å²) in [6, 6.07) is 4.77. The monoisotopic (exact) mass is 384 g/mol. The molecular weight excluding hydrogens is 373 g/mol. The third-order valence-corrected chi connectivity index (χ3v) is 4.37. The quantitative estimate of drug-likeness (QED) is 0.810. The first-order valence-electron chi connectivity index (χ1n) is 7.04. The SMILES string of the molecule is COc1ccc(/C=C2/C(=N)N3N=C(C(F)(F)F)SC3=NC2=O)cc1OC. The van der Waals surface area contributed by atoms with Gasteiger partial charge in [0.2, 0.25) is 10.2 Å². The first-order chi connectivity index (χ1) is 12.2. The molecule has 1 amide bonds. The Kier molecular flexibility index (Phi) is 4.48. The fourth-order valence-electron chi connectivity index (χ4n) is 2.22. The molecule has 2 heterocycles. The van der Waals surface area contributed by atoms with E-state index in [1.165, 1.54) is 20.3 Å². The van der Waals surface area contributed by atoms with Crippen LogP contribution in [0.5, 0.6) is 11.5 Å². The largest absolute Gasteiger partial charge is 0.493 e. The highest BCUT2D eigenvalue weighted by molar-refractivity contribution is 8.27. The lowest BCUT2D eigenvalue weighted by molar-refractivity contribution is -0.114. The van der Waals surface area contributed by atoms with Gasteiger partial charge in [-0.25, -0.2) is 0 Å². The number of nitrogens with one attached hydrogen (secondary N) is 1. The van der Waals surface area contributed by atoms with Crippen molar-refractivity contribution < 1.29 is 27.4 Å². The Balaban J connectivity index is 1.98. The maximum absolute atomic E-state index is 12.8. The number of halogens is 3. The van der Waals surface area contributed by atoms with Gasteiger partial charge in [-0.2, -0.15) is 28.3 Å². The number of amidine groups is 2. The Morgan fingerprint density at radius 3 is 2.54 bits per heavy atom. The van der Waals surface area contributed by atoms with E-state index >= 15 is 0 Å². The van der Waals surface area contributed by atoms with Gasteiger partial charge in [-0.3, -0.25) is 10.2 Å². The van der Waals surface area contributed by atoms with Crippen LogP contribution < -0.4 is 9.47 Å². The number of ether oxygens (including phenoxy) is 2. The molecular formula is C15H11F3N4O3S. The number of hydrogen-bond acceptors (Lipinski definition) is 6. The van der Waals surface area contributed by atoms with E-state index in [-0.39, 0.29) is 22.5 Å². The normalized spacial score (nSPS) is 18.7. The molecule has 11 heteroatoms. The predicted octanol–water partition coefficient (Wildman–Crippen LogP) is 2.89. The van der Waals surface area contributed by atoms with E-state index in [9.17, 15) is 18.0 Å². The van der Waals surface area contributed by atoms with Crippen molar-refractivity contribution in [3.63, 3.8) is 0 Å². The fraction of sp³-hybridized carbons (Fsp3) is 0.200. The van der Waals surface area contributed by atoms with E-state index in [0.717, 1.165) is 0 Å². The highest BCUT2D eigenvalue weighted by Gasteiger charge is 2.46. The predicted molar refractivity (Wildman–Crippen MR) is 90.6 cm³/mol. The number of hydrazone groups is 1. The van der Waals surface area contributed by atoms with Crippen molar-refractivity contribution in [2.24, 2.45) is 10.1 Å². The molecule has 7 nitrogen and oxygen atoms in total. The first kappa shape index (κ1) is 18.0. The highest BCUT2D eigenvalue weighted by atomic mass is 32.2. The number of aliphatic imine (C=N–C) groups is 1. The number of rotatable bonds is 3. The van der Waals surface area contributed by atoms with Crippen molar-refractivity contribution >= 4 is 39.8 Å². The molecule has 3 rings (SSSR count).